The van der Waals surface area contributed by atoms with Crippen molar-refractivity contribution in [2.24, 2.45) is 7.05 Å². The van der Waals surface area contributed by atoms with Gasteiger partial charge < -0.3 is 10.0 Å². The number of benzene rings is 1. The van der Waals surface area contributed by atoms with Crippen LogP contribution < -0.4 is 4.90 Å². The highest BCUT2D eigenvalue weighted by Gasteiger charge is 2.35. The first-order valence-corrected chi connectivity index (χ1v) is 9.44. The fraction of sp³-hybridized carbons (Fsp3) is 0.389. The summed E-state index contributed by atoms with van der Waals surface area (Å²) in [5.74, 6) is -1.85. The van der Waals surface area contributed by atoms with Crippen molar-refractivity contribution in [3.05, 3.63) is 47.3 Å². The highest BCUT2D eigenvalue weighted by Crippen LogP contribution is 2.37. The van der Waals surface area contributed by atoms with Crippen molar-refractivity contribution in [2.45, 2.75) is 25.4 Å². The van der Waals surface area contributed by atoms with Crippen molar-refractivity contribution in [2.75, 3.05) is 18.0 Å². The van der Waals surface area contributed by atoms with E-state index in [4.69, 9.17) is 0 Å². The largest absolute Gasteiger partial charge is 0.385 e. The first-order valence-electron chi connectivity index (χ1n) is 8.63. The molecular weight excluding hydrogens is 372 g/mol. The zero-order chi connectivity index (χ0) is 19.2. The summed E-state index contributed by atoms with van der Waals surface area (Å²) in [4.78, 5) is 2.06. The number of aliphatic hydroxyl groups is 1. The molecule has 9 heteroatoms. The predicted molar refractivity (Wildman–Crippen MR) is 98.5 cm³/mol. The molecule has 27 heavy (non-hydrogen) atoms. The maximum atomic E-state index is 13.5. The van der Waals surface area contributed by atoms with Crippen molar-refractivity contribution in [3.63, 3.8) is 0 Å². The minimum absolute atomic E-state index is 0.402. The third-order valence-corrected chi connectivity index (χ3v) is 5.99. The zero-order valence-electron chi connectivity index (χ0n) is 15.0. The van der Waals surface area contributed by atoms with E-state index in [9.17, 15) is 13.9 Å². The lowest BCUT2D eigenvalue weighted by Gasteiger charge is -2.38. The van der Waals surface area contributed by atoms with E-state index < -0.39 is 17.2 Å². The molecule has 1 N–H and O–H groups in total. The number of rotatable bonds is 3. The Bertz CT molecular complexity index is 978. The SMILES string of the molecule is Cc1nn(C)cc1-c1nnc(N2CCC(O)(c3ccc(F)c(F)c3)CC2)s1. The molecule has 3 aromatic rings. The topological polar surface area (TPSA) is 67.1 Å². The first-order chi connectivity index (χ1) is 12.9. The molecular formula is C18H19F2N5OS. The number of aromatic nitrogens is 4. The van der Waals surface area contributed by atoms with Gasteiger partial charge in [-0.3, -0.25) is 4.68 Å². The molecule has 1 aromatic carbocycles. The average Bonchev–Trinajstić information content (AvgIpc) is 3.24. The molecule has 1 saturated heterocycles. The van der Waals surface area contributed by atoms with Gasteiger partial charge in [0.1, 0.15) is 0 Å². The summed E-state index contributed by atoms with van der Waals surface area (Å²) < 4.78 is 28.4. The van der Waals surface area contributed by atoms with Gasteiger partial charge in [-0.25, -0.2) is 8.78 Å². The summed E-state index contributed by atoms with van der Waals surface area (Å²) in [7, 11) is 1.86. The van der Waals surface area contributed by atoms with Gasteiger partial charge in [0.15, 0.2) is 16.6 Å². The van der Waals surface area contributed by atoms with E-state index in [0.29, 0.717) is 31.5 Å². The Kier molecular flexibility index (Phi) is 4.43. The second kappa shape index (κ2) is 6.65. The molecule has 0 aliphatic carbocycles. The number of halogens is 2. The third-order valence-electron chi connectivity index (χ3n) is 4.98. The normalized spacial score (nSPS) is 16.7. The van der Waals surface area contributed by atoms with Crippen LogP contribution in [0.3, 0.4) is 0 Å². The lowest BCUT2D eigenvalue weighted by Crippen LogP contribution is -2.42. The molecule has 0 bridgehead atoms. The van der Waals surface area contributed by atoms with Crippen molar-refractivity contribution in [3.8, 4) is 10.6 Å². The molecule has 1 aliphatic rings. The summed E-state index contributed by atoms with van der Waals surface area (Å²) in [5.41, 5.74) is 1.09. The molecule has 142 valence electrons. The van der Waals surface area contributed by atoms with Gasteiger partial charge in [0, 0.05) is 26.3 Å². The number of hydrogen-bond donors (Lipinski definition) is 1. The molecule has 6 nitrogen and oxygen atoms in total. The van der Waals surface area contributed by atoms with Gasteiger partial charge in [-0.2, -0.15) is 5.10 Å². The Morgan fingerprint density at radius 3 is 2.52 bits per heavy atom. The Hall–Kier alpha value is -2.39. The lowest BCUT2D eigenvalue weighted by atomic mass is 9.84. The minimum Gasteiger partial charge on any atom is -0.385 e. The molecule has 0 atom stereocenters. The summed E-state index contributed by atoms with van der Waals surface area (Å²) in [6.07, 6.45) is 2.72. The summed E-state index contributed by atoms with van der Waals surface area (Å²) in [5, 5.41) is 25.3. The van der Waals surface area contributed by atoms with E-state index in [2.05, 4.69) is 20.2 Å². The molecule has 1 fully saturated rings. The van der Waals surface area contributed by atoms with Crippen LogP contribution in [0.15, 0.2) is 24.4 Å². The molecule has 0 amide bonds. The van der Waals surface area contributed by atoms with Gasteiger partial charge in [-0.1, -0.05) is 17.4 Å². The van der Waals surface area contributed by atoms with Crippen LogP contribution in [0, 0.1) is 18.6 Å². The van der Waals surface area contributed by atoms with Gasteiger partial charge in [-0.15, -0.1) is 10.2 Å². The number of piperidine rings is 1. The van der Waals surface area contributed by atoms with E-state index in [-0.39, 0.29) is 0 Å². The maximum Gasteiger partial charge on any atom is 0.208 e. The number of aryl methyl sites for hydroxylation is 2. The molecule has 3 heterocycles. The smallest absolute Gasteiger partial charge is 0.208 e. The van der Waals surface area contributed by atoms with Crippen molar-refractivity contribution < 1.29 is 13.9 Å². The van der Waals surface area contributed by atoms with Crippen molar-refractivity contribution in [1.29, 1.82) is 0 Å². The molecule has 0 unspecified atom stereocenters. The van der Waals surface area contributed by atoms with Gasteiger partial charge in [0.25, 0.3) is 0 Å². The van der Waals surface area contributed by atoms with Crippen LogP contribution >= 0.6 is 11.3 Å². The Morgan fingerprint density at radius 1 is 1.15 bits per heavy atom. The van der Waals surface area contributed by atoms with Crippen LogP contribution in [0.2, 0.25) is 0 Å². The highest BCUT2D eigenvalue weighted by atomic mass is 32.1. The van der Waals surface area contributed by atoms with Crippen LogP contribution in [0.5, 0.6) is 0 Å². The highest BCUT2D eigenvalue weighted by molar-refractivity contribution is 7.18. The Labute approximate surface area is 159 Å². The second-order valence-corrected chi connectivity index (χ2v) is 7.80. The summed E-state index contributed by atoms with van der Waals surface area (Å²) in [6.45, 7) is 3.03. The monoisotopic (exact) mass is 391 g/mol. The molecule has 0 radical (unpaired) electrons. The molecule has 0 saturated carbocycles. The van der Waals surface area contributed by atoms with Crippen LogP contribution in [-0.4, -0.2) is 38.2 Å². The number of hydrogen-bond acceptors (Lipinski definition) is 6. The Balaban J connectivity index is 1.49. The van der Waals surface area contributed by atoms with Crippen molar-refractivity contribution in [1.82, 2.24) is 20.0 Å². The van der Waals surface area contributed by atoms with Gasteiger partial charge in [0.2, 0.25) is 5.13 Å². The lowest BCUT2D eigenvalue weighted by molar-refractivity contribution is 0.0114. The van der Waals surface area contributed by atoms with Gasteiger partial charge >= 0.3 is 0 Å². The fourth-order valence-corrected chi connectivity index (χ4v) is 4.36. The van der Waals surface area contributed by atoms with E-state index >= 15 is 0 Å². The maximum absolute atomic E-state index is 13.5. The molecule has 4 rings (SSSR count). The standard InChI is InChI=1S/C18H19F2N5OS/c1-11-13(10-24(2)23-11)16-21-22-17(27-16)25-7-5-18(26,6-8-25)12-3-4-14(19)15(20)9-12/h3-4,9-10,26H,5-8H2,1-2H3. The first kappa shape index (κ1) is 18.0. The van der Waals surface area contributed by atoms with Gasteiger partial charge in [0.05, 0.1) is 16.9 Å². The van der Waals surface area contributed by atoms with Crippen molar-refractivity contribution >= 4 is 16.5 Å². The third kappa shape index (κ3) is 3.32. The van der Waals surface area contributed by atoms with E-state index in [1.54, 1.807) is 4.68 Å². The van der Waals surface area contributed by atoms with E-state index in [1.807, 2.05) is 20.2 Å². The number of nitrogens with zero attached hydrogens (tertiary/aromatic N) is 5. The van der Waals surface area contributed by atoms with E-state index in [1.165, 1.54) is 17.4 Å². The van der Waals surface area contributed by atoms with Crippen LogP contribution in [-0.2, 0) is 12.6 Å². The van der Waals surface area contributed by atoms with Gasteiger partial charge in [-0.05, 0) is 37.5 Å². The summed E-state index contributed by atoms with van der Waals surface area (Å²) >= 11 is 1.48. The van der Waals surface area contributed by atoms with Crippen LogP contribution in [0.4, 0.5) is 13.9 Å². The fourth-order valence-electron chi connectivity index (χ4n) is 3.40. The van der Waals surface area contributed by atoms with Crippen LogP contribution in [0.25, 0.3) is 10.6 Å². The second-order valence-electron chi connectivity index (χ2n) is 6.84. The zero-order valence-corrected chi connectivity index (χ0v) is 15.8. The summed E-state index contributed by atoms with van der Waals surface area (Å²) in [6, 6.07) is 3.59. The quantitative estimate of drug-likeness (QED) is 0.743. The number of anilines is 1. The molecule has 1 aliphatic heterocycles. The van der Waals surface area contributed by atoms with Crippen LogP contribution in [0.1, 0.15) is 24.1 Å². The molecule has 2 aromatic heterocycles. The van der Waals surface area contributed by atoms with E-state index in [0.717, 1.165) is 33.5 Å². The average molecular weight is 391 g/mol. The predicted octanol–water partition coefficient (Wildman–Crippen LogP) is 3.01. The molecule has 0 spiro atoms. The Morgan fingerprint density at radius 2 is 1.89 bits per heavy atom. The minimum atomic E-state index is -1.17.